The van der Waals surface area contributed by atoms with Gasteiger partial charge in [-0.2, -0.15) is 0 Å². The van der Waals surface area contributed by atoms with E-state index in [2.05, 4.69) is 14.7 Å². The van der Waals surface area contributed by atoms with Crippen LogP contribution >= 0.6 is 22.9 Å². The second-order valence-electron chi connectivity index (χ2n) is 2.86. The molecule has 2 rings (SSSR count). The minimum Gasteiger partial charge on any atom is -0.464 e. The molecule has 6 heteroatoms. The zero-order valence-corrected chi connectivity index (χ0v) is 9.88. The molecule has 0 spiro atoms. The number of methoxy groups -OCH3 is 1. The van der Waals surface area contributed by atoms with Gasteiger partial charge in [0.25, 0.3) is 0 Å². The van der Waals surface area contributed by atoms with Gasteiger partial charge < -0.3 is 4.74 Å². The summed E-state index contributed by atoms with van der Waals surface area (Å²) >= 11 is 7.27. The molecule has 2 heterocycles. The molecule has 16 heavy (non-hydrogen) atoms. The standard InChI is InChI=1S/C10H7ClN2O2S/c1-15-10(14)7-5-16-9(13-7)8-6(11)3-2-4-12-8/h2-5H,1H3. The second kappa shape index (κ2) is 4.59. The first-order chi connectivity index (χ1) is 7.72. The van der Waals surface area contributed by atoms with Crippen LogP contribution in [0.1, 0.15) is 10.5 Å². The monoisotopic (exact) mass is 254 g/mol. The number of thiazole rings is 1. The maximum atomic E-state index is 11.2. The molecular weight excluding hydrogens is 248 g/mol. The molecule has 0 N–H and O–H groups in total. The fraction of sp³-hybridized carbons (Fsp3) is 0.100. The molecule has 0 aliphatic carbocycles. The predicted octanol–water partition coefficient (Wildman–Crippen LogP) is 2.65. The molecule has 0 aliphatic rings. The van der Waals surface area contributed by atoms with Crippen molar-refractivity contribution in [1.82, 2.24) is 9.97 Å². The Kier molecular flexibility index (Phi) is 3.17. The van der Waals surface area contributed by atoms with Crippen molar-refractivity contribution in [3.8, 4) is 10.7 Å². The minimum absolute atomic E-state index is 0.268. The molecule has 0 aromatic carbocycles. The lowest BCUT2D eigenvalue weighted by Crippen LogP contribution is -2.01. The highest BCUT2D eigenvalue weighted by atomic mass is 35.5. The van der Waals surface area contributed by atoms with Gasteiger partial charge >= 0.3 is 5.97 Å². The van der Waals surface area contributed by atoms with Crippen molar-refractivity contribution in [3.63, 3.8) is 0 Å². The summed E-state index contributed by atoms with van der Waals surface area (Å²) in [5.74, 6) is -0.463. The number of esters is 1. The first-order valence-corrected chi connectivity index (χ1v) is 5.63. The molecule has 4 nitrogen and oxygen atoms in total. The Morgan fingerprint density at radius 3 is 3.06 bits per heavy atom. The van der Waals surface area contributed by atoms with E-state index in [1.807, 2.05) is 0 Å². The molecule has 2 aromatic rings. The molecule has 0 bridgehead atoms. The normalized spacial score (nSPS) is 10.1. The molecule has 0 radical (unpaired) electrons. The van der Waals surface area contributed by atoms with Gasteiger partial charge in [-0.25, -0.2) is 9.78 Å². The van der Waals surface area contributed by atoms with Crippen molar-refractivity contribution in [3.05, 3.63) is 34.4 Å². The number of aromatic nitrogens is 2. The van der Waals surface area contributed by atoms with Crippen LogP contribution in [0, 0.1) is 0 Å². The lowest BCUT2D eigenvalue weighted by Gasteiger charge is -1.97. The number of hydrogen-bond donors (Lipinski definition) is 0. The molecule has 0 saturated heterocycles. The Hall–Kier alpha value is -1.46. The number of halogens is 1. The fourth-order valence-electron chi connectivity index (χ4n) is 1.12. The molecule has 0 aliphatic heterocycles. The summed E-state index contributed by atoms with van der Waals surface area (Å²) in [5, 5.41) is 2.73. The van der Waals surface area contributed by atoms with E-state index in [1.54, 1.807) is 23.7 Å². The third kappa shape index (κ3) is 2.05. The van der Waals surface area contributed by atoms with Gasteiger partial charge in [-0.15, -0.1) is 11.3 Å². The van der Waals surface area contributed by atoms with E-state index in [1.165, 1.54) is 18.4 Å². The summed E-state index contributed by atoms with van der Waals surface area (Å²) in [4.78, 5) is 19.4. The van der Waals surface area contributed by atoms with Crippen LogP contribution in [0.3, 0.4) is 0 Å². The van der Waals surface area contributed by atoms with Gasteiger partial charge in [-0.05, 0) is 12.1 Å². The van der Waals surface area contributed by atoms with Crippen LogP contribution in [-0.2, 0) is 4.74 Å². The van der Waals surface area contributed by atoms with Gasteiger partial charge in [0.15, 0.2) is 5.69 Å². The first kappa shape index (κ1) is 11.0. The molecule has 0 saturated carbocycles. The Bertz CT molecular complexity index is 527. The topological polar surface area (TPSA) is 52.1 Å². The summed E-state index contributed by atoms with van der Waals surface area (Å²) in [6.07, 6.45) is 1.63. The second-order valence-corrected chi connectivity index (χ2v) is 4.13. The van der Waals surface area contributed by atoms with Crippen LogP contribution < -0.4 is 0 Å². The minimum atomic E-state index is -0.463. The number of carbonyl (C=O) groups excluding carboxylic acids is 1. The van der Waals surface area contributed by atoms with E-state index >= 15 is 0 Å². The lowest BCUT2D eigenvalue weighted by molar-refractivity contribution is 0.0595. The van der Waals surface area contributed by atoms with E-state index < -0.39 is 5.97 Å². The Morgan fingerprint density at radius 2 is 2.38 bits per heavy atom. The first-order valence-electron chi connectivity index (χ1n) is 4.37. The third-order valence-corrected chi connectivity index (χ3v) is 3.01. The zero-order valence-electron chi connectivity index (χ0n) is 8.31. The van der Waals surface area contributed by atoms with Crippen molar-refractivity contribution in [1.29, 1.82) is 0 Å². The smallest absolute Gasteiger partial charge is 0.357 e. The number of carbonyl (C=O) groups is 1. The molecular formula is C10H7ClN2O2S. The summed E-state index contributed by atoms with van der Waals surface area (Å²) in [5.41, 5.74) is 0.841. The van der Waals surface area contributed by atoms with Crippen molar-refractivity contribution >= 4 is 28.9 Å². The zero-order chi connectivity index (χ0) is 11.5. The van der Waals surface area contributed by atoms with Crippen molar-refractivity contribution < 1.29 is 9.53 Å². The Balaban J connectivity index is 2.39. The average Bonchev–Trinajstić information content (AvgIpc) is 2.78. The number of hydrogen-bond acceptors (Lipinski definition) is 5. The van der Waals surface area contributed by atoms with Crippen LogP contribution in [0.4, 0.5) is 0 Å². The summed E-state index contributed by atoms with van der Waals surface area (Å²) in [6.45, 7) is 0. The third-order valence-electron chi connectivity index (χ3n) is 1.86. The van der Waals surface area contributed by atoms with E-state index in [0.29, 0.717) is 15.7 Å². The van der Waals surface area contributed by atoms with Crippen molar-refractivity contribution in [2.24, 2.45) is 0 Å². The highest BCUT2D eigenvalue weighted by Gasteiger charge is 2.14. The van der Waals surface area contributed by atoms with Crippen LogP contribution in [0.2, 0.25) is 5.02 Å². The Labute approximate surface area is 101 Å². The van der Waals surface area contributed by atoms with Gasteiger partial charge in [-0.1, -0.05) is 11.6 Å². The van der Waals surface area contributed by atoms with Crippen LogP contribution in [-0.4, -0.2) is 23.0 Å². The van der Waals surface area contributed by atoms with Gasteiger partial charge in [0, 0.05) is 11.6 Å². The SMILES string of the molecule is COC(=O)c1csc(-c2ncccc2Cl)n1. The van der Waals surface area contributed by atoms with Gasteiger partial charge in [0.05, 0.1) is 12.1 Å². The Morgan fingerprint density at radius 1 is 1.56 bits per heavy atom. The van der Waals surface area contributed by atoms with Crippen molar-refractivity contribution in [2.75, 3.05) is 7.11 Å². The predicted molar refractivity (Wildman–Crippen MR) is 61.7 cm³/mol. The number of rotatable bonds is 2. The molecule has 0 fully saturated rings. The molecule has 0 unspecified atom stereocenters. The van der Waals surface area contributed by atoms with E-state index in [4.69, 9.17) is 11.6 Å². The average molecular weight is 255 g/mol. The summed E-state index contributed by atoms with van der Waals surface area (Å²) in [6, 6.07) is 3.46. The van der Waals surface area contributed by atoms with E-state index in [0.717, 1.165) is 0 Å². The van der Waals surface area contributed by atoms with Crippen LogP contribution in [0.5, 0.6) is 0 Å². The molecule has 0 atom stereocenters. The van der Waals surface area contributed by atoms with Gasteiger partial charge in [0.2, 0.25) is 0 Å². The maximum Gasteiger partial charge on any atom is 0.357 e. The number of ether oxygens (including phenoxy) is 1. The summed E-state index contributed by atoms with van der Waals surface area (Å²) < 4.78 is 4.57. The van der Waals surface area contributed by atoms with Gasteiger partial charge in [0.1, 0.15) is 10.7 Å². The summed E-state index contributed by atoms with van der Waals surface area (Å²) in [7, 11) is 1.31. The number of pyridine rings is 1. The van der Waals surface area contributed by atoms with E-state index in [9.17, 15) is 4.79 Å². The fourth-order valence-corrected chi connectivity index (χ4v) is 2.19. The highest BCUT2D eigenvalue weighted by molar-refractivity contribution is 7.13. The van der Waals surface area contributed by atoms with Gasteiger partial charge in [-0.3, -0.25) is 4.98 Å². The highest BCUT2D eigenvalue weighted by Crippen LogP contribution is 2.27. The van der Waals surface area contributed by atoms with Crippen LogP contribution in [0.15, 0.2) is 23.7 Å². The van der Waals surface area contributed by atoms with Crippen LogP contribution in [0.25, 0.3) is 10.7 Å². The van der Waals surface area contributed by atoms with E-state index in [-0.39, 0.29) is 5.69 Å². The lowest BCUT2D eigenvalue weighted by atomic mass is 10.3. The van der Waals surface area contributed by atoms with Crippen molar-refractivity contribution in [2.45, 2.75) is 0 Å². The molecule has 0 amide bonds. The maximum absolute atomic E-state index is 11.2. The largest absolute Gasteiger partial charge is 0.464 e. The quantitative estimate of drug-likeness (QED) is 0.773. The molecule has 82 valence electrons. The molecule has 2 aromatic heterocycles. The number of nitrogens with zero attached hydrogens (tertiary/aromatic N) is 2.